The smallest absolute Gasteiger partial charge is 0.184 e. The zero-order valence-corrected chi connectivity index (χ0v) is 9.97. The summed E-state index contributed by atoms with van der Waals surface area (Å²) < 4.78 is 0. The Bertz CT molecular complexity index is 80.6. The molecule has 0 aromatic rings. The third kappa shape index (κ3) is 6.82. The van der Waals surface area contributed by atoms with Gasteiger partial charge in [0, 0.05) is 0 Å². The second-order valence-corrected chi connectivity index (χ2v) is 5.75. The number of rotatable bonds is 8. The topological polar surface area (TPSA) is 24.1 Å². The molecule has 0 unspecified atom stereocenters. The molecule has 0 aromatic carbocycles. The van der Waals surface area contributed by atoms with Crippen LogP contribution < -0.4 is 9.96 Å². The van der Waals surface area contributed by atoms with Crippen LogP contribution in [0.15, 0.2) is 0 Å². The molecule has 0 aliphatic heterocycles. The Morgan fingerprint density at radius 1 is 0.833 bits per heavy atom. The Morgan fingerprint density at radius 2 is 1.33 bits per heavy atom. The van der Waals surface area contributed by atoms with Gasteiger partial charge in [0.2, 0.25) is 0 Å². The first kappa shape index (κ1) is 12.1. The van der Waals surface area contributed by atoms with Gasteiger partial charge in [0.05, 0.1) is 0 Å². The van der Waals surface area contributed by atoms with Gasteiger partial charge in [-0.3, -0.25) is 0 Å². The molecule has 0 fully saturated rings. The van der Waals surface area contributed by atoms with Crippen molar-refractivity contribution in [1.29, 1.82) is 0 Å². The van der Waals surface area contributed by atoms with Crippen LogP contribution in [-0.2, 0) is 0 Å². The molecule has 74 valence electrons. The average molecular weight is 188 g/mol. The minimum atomic E-state index is -0.769. The SMILES string of the molecule is CCCN[SiH](CCC)NCCC. The minimum absolute atomic E-state index is 0.769. The Balaban J connectivity index is 3.40. The number of hydrogen-bond donors (Lipinski definition) is 2. The summed E-state index contributed by atoms with van der Waals surface area (Å²) in [7, 11) is -0.769. The summed E-state index contributed by atoms with van der Waals surface area (Å²) in [6.45, 7) is 9.09. The lowest BCUT2D eigenvalue weighted by atomic mass is 10.5. The zero-order valence-electron chi connectivity index (χ0n) is 8.82. The molecule has 2 nitrogen and oxygen atoms in total. The minimum Gasteiger partial charge on any atom is -0.328 e. The first-order valence-electron chi connectivity index (χ1n) is 5.31. The van der Waals surface area contributed by atoms with Crippen molar-refractivity contribution in [2.75, 3.05) is 13.1 Å². The van der Waals surface area contributed by atoms with E-state index in [-0.39, 0.29) is 0 Å². The van der Waals surface area contributed by atoms with Gasteiger partial charge in [0.1, 0.15) is 0 Å². The Hall–Kier alpha value is 0.137. The fourth-order valence-corrected chi connectivity index (χ4v) is 3.61. The van der Waals surface area contributed by atoms with Crippen molar-refractivity contribution in [1.82, 2.24) is 9.96 Å². The normalized spacial score (nSPS) is 11.0. The predicted molar refractivity (Wildman–Crippen MR) is 58.8 cm³/mol. The summed E-state index contributed by atoms with van der Waals surface area (Å²) in [5.74, 6) is 0. The highest BCUT2D eigenvalue weighted by atomic mass is 28.3. The fourth-order valence-electron chi connectivity index (χ4n) is 1.20. The Morgan fingerprint density at radius 3 is 1.67 bits per heavy atom. The molecule has 0 aliphatic carbocycles. The second kappa shape index (κ2) is 9.23. The summed E-state index contributed by atoms with van der Waals surface area (Å²) in [5.41, 5.74) is 0. The molecule has 12 heavy (non-hydrogen) atoms. The van der Waals surface area contributed by atoms with Gasteiger partial charge in [-0.15, -0.1) is 0 Å². The lowest BCUT2D eigenvalue weighted by Crippen LogP contribution is -2.47. The summed E-state index contributed by atoms with van der Waals surface area (Å²) in [5, 5.41) is 0. The zero-order chi connectivity index (χ0) is 9.23. The van der Waals surface area contributed by atoms with Gasteiger partial charge >= 0.3 is 0 Å². The highest BCUT2D eigenvalue weighted by Crippen LogP contribution is 1.91. The molecule has 0 rings (SSSR count). The van der Waals surface area contributed by atoms with E-state index < -0.39 is 9.12 Å². The molecule has 0 saturated heterocycles. The first-order valence-corrected chi connectivity index (χ1v) is 7.29. The van der Waals surface area contributed by atoms with Crippen LogP contribution in [0.4, 0.5) is 0 Å². The summed E-state index contributed by atoms with van der Waals surface area (Å²) >= 11 is 0. The van der Waals surface area contributed by atoms with Gasteiger partial charge in [0.15, 0.2) is 9.12 Å². The molecule has 2 N–H and O–H groups in total. The van der Waals surface area contributed by atoms with Crippen molar-refractivity contribution in [3.8, 4) is 0 Å². The van der Waals surface area contributed by atoms with E-state index in [0.717, 1.165) is 0 Å². The highest BCUT2D eigenvalue weighted by molar-refractivity contribution is 6.53. The Labute approximate surface area is 78.9 Å². The van der Waals surface area contributed by atoms with E-state index in [0.29, 0.717) is 0 Å². The van der Waals surface area contributed by atoms with Crippen LogP contribution in [0.1, 0.15) is 40.0 Å². The second-order valence-electron chi connectivity index (χ2n) is 3.25. The molecule has 3 heteroatoms. The van der Waals surface area contributed by atoms with E-state index in [4.69, 9.17) is 0 Å². The van der Waals surface area contributed by atoms with E-state index >= 15 is 0 Å². The van der Waals surface area contributed by atoms with Crippen molar-refractivity contribution in [3.63, 3.8) is 0 Å². The Kier molecular flexibility index (Phi) is 9.33. The molecule has 0 atom stereocenters. The van der Waals surface area contributed by atoms with E-state index in [2.05, 4.69) is 30.7 Å². The van der Waals surface area contributed by atoms with Gasteiger partial charge in [-0.2, -0.15) is 0 Å². The summed E-state index contributed by atoms with van der Waals surface area (Å²) in [4.78, 5) is 7.27. The number of nitrogens with one attached hydrogen (secondary N) is 2. The van der Waals surface area contributed by atoms with Crippen LogP contribution in [0, 0.1) is 0 Å². The predicted octanol–water partition coefficient (Wildman–Crippen LogP) is 1.62. The maximum absolute atomic E-state index is 3.63. The van der Waals surface area contributed by atoms with Crippen molar-refractivity contribution >= 4 is 9.12 Å². The van der Waals surface area contributed by atoms with Crippen LogP contribution >= 0.6 is 0 Å². The molecule has 0 spiro atoms. The van der Waals surface area contributed by atoms with E-state index in [9.17, 15) is 0 Å². The molecule has 0 aromatic heterocycles. The largest absolute Gasteiger partial charge is 0.328 e. The monoisotopic (exact) mass is 188 g/mol. The maximum atomic E-state index is 3.63. The lowest BCUT2D eigenvalue weighted by molar-refractivity contribution is 0.775. The van der Waals surface area contributed by atoms with Crippen LogP contribution in [-0.4, -0.2) is 22.2 Å². The third-order valence-corrected chi connectivity index (χ3v) is 4.58. The van der Waals surface area contributed by atoms with Crippen molar-refractivity contribution < 1.29 is 0 Å². The van der Waals surface area contributed by atoms with Crippen LogP contribution in [0.3, 0.4) is 0 Å². The van der Waals surface area contributed by atoms with Gasteiger partial charge < -0.3 is 9.96 Å². The fraction of sp³-hybridized carbons (Fsp3) is 1.00. The average Bonchev–Trinajstić information content (AvgIpc) is 2.10. The molecule has 0 aliphatic rings. The molecule has 0 radical (unpaired) electrons. The van der Waals surface area contributed by atoms with Gasteiger partial charge in [-0.05, 0) is 32.0 Å². The summed E-state index contributed by atoms with van der Waals surface area (Å²) in [6, 6.07) is 1.38. The third-order valence-electron chi connectivity index (χ3n) is 1.86. The van der Waals surface area contributed by atoms with Gasteiger partial charge in [0.25, 0.3) is 0 Å². The van der Waals surface area contributed by atoms with Crippen LogP contribution in [0.2, 0.25) is 6.04 Å². The lowest BCUT2D eigenvalue weighted by Gasteiger charge is -2.16. The van der Waals surface area contributed by atoms with Crippen LogP contribution in [0.5, 0.6) is 0 Å². The highest BCUT2D eigenvalue weighted by Gasteiger charge is 2.06. The quantitative estimate of drug-likeness (QED) is 0.566. The van der Waals surface area contributed by atoms with Gasteiger partial charge in [-0.1, -0.05) is 27.2 Å². The standard InChI is InChI=1S/C9H24N2Si/c1-4-7-10-12(9-6-3)11-8-5-2/h10-12H,4-9H2,1-3H3. The molecule has 0 amide bonds. The van der Waals surface area contributed by atoms with E-state index in [1.807, 2.05) is 0 Å². The van der Waals surface area contributed by atoms with Crippen LogP contribution in [0.25, 0.3) is 0 Å². The molecule has 0 saturated carbocycles. The van der Waals surface area contributed by atoms with Gasteiger partial charge in [-0.25, -0.2) is 0 Å². The van der Waals surface area contributed by atoms with Crippen molar-refractivity contribution in [2.24, 2.45) is 0 Å². The van der Waals surface area contributed by atoms with E-state index in [1.165, 1.54) is 38.4 Å². The molecule has 0 bridgehead atoms. The number of hydrogen-bond acceptors (Lipinski definition) is 2. The van der Waals surface area contributed by atoms with E-state index in [1.54, 1.807) is 0 Å². The first-order chi connectivity index (χ1) is 5.85. The maximum Gasteiger partial charge on any atom is 0.184 e. The van der Waals surface area contributed by atoms with Crippen molar-refractivity contribution in [2.45, 2.75) is 46.1 Å². The molecule has 0 heterocycles. The molecular formula is C9H24N2Si. The van der Waals surface area contributed by atoms with Crippen molar-refractivity contribution in [3.05, 3.63) is 0 Å². The summed E-state index contributed by atoms with van der Waals surface area (Å²) in [6.07, 6.45) is 3.81. The molecular weight excluding hydrogens is 164 g/mol.